The Labute approximate surface area is 222 Å². The molecule has 0 aromatic carbocycles. The maximum absolute atomic E-state index is 13.9. The molecule has 38 heavy (non-hydrogen) atoms. The van der Waals surface area contributed by atoms with E-state index in [-0.39, 0.29) is 29.0 Å². The van der Waals surface area contributed by atoms with Crippen LogP contribution >= 0.6 is 0 Å². The van der Waals surface area contributed by atoms with Crippen molar-refractivity contribution in [2.24, 2.45) is 5.92 Å². The summed E-state index contributed by atoms with van der Waals surface area (Å²) in [5, 5.41) is 29.6. The van der Waals surface area contributed by atoms with E-state index in [0.717, 1.165) is 49.8 Å². The van der Waals surface area contributed by atoms with Crippen LogP contribution in [0.25, 0.3) is 11.2 Å². The standard InChI is InChI=1S/C27H39N5O6/c1-26(2,3)38-27(16-37-27)30-10-4-5-18(15-30)20-13-28-32-23(20)31(14-17-8-11-36-12-9-17)24(34)21(25(32)35)22(33)29-19-6-7-19/h5,13,17,19,22,29,33,35H,4,6-12,14-16H2,1-3H3. The molecule has 4 aliphatic rings. The van der Waals surface area contributed by atoms with Gasteiger partial charge in [-0.3, -0.25) is 14.7 Å². The van der Waals surface area contributed by atoms with E-state index in [9.17, 15) is 15.0 Å². The molecule has 11 heteroatoms. The molecule has 2 unspecified atom stereocenters. The molecule has 2 aromatic heterocycles. The quantitative estimate of drug-likeness (QED) is 0.347. The van der Waals surface area contributed by atoms with E-state index in [2.05, 4.69) is 21.4 Å². The Morgan fingerprint density at radius 2 is 2.00 bits per heavy atom. The van der Waals surface area contributed by atoms with Crippen LogP contribution in [0.15, 0.2) is 17.1 Å². The van der Waals surface area contributed by atoms with Crippen molar-refractivity contribution in [3.63, 3.8) is 0 Å². The monoisotopic (exact) mass is 529 g/mol. The van der Waals surface area contributed by atoms with Gasteiger partial charge in [-0.25, -0.2) is 4.90 Å². The van der Waals surface area contributed by atoms with E-state index in [1.807, 2.05) is 20.8 Å². The first-order valence-corrected chi connectivity index (χ1v) is 13.8. The Hall–Kier alpha value is -2.28. The number of nitrogens with one attached hydrogen (secondary N) is 1. The second-order valence-electron chi connectivity index (χ2n) is 12.0. The zero-order valence-electron chi connectivity index (χ0n) is 22.5. The SMILES string of the molecule is CC(C)(C)OC1(N2CCC=C(c3cnn4c(O)c(C(O)NC5CC5)c(=O)n(CC5CCOCC5)c34)C2)CO1. The van der Waals surface area contributed by atoms with Gasteiger partial charge < -0.3 is 24.4 Å². The number of hydrogen-bond donors (Lipinski definition) is 3. The highest BCUT2D eigenvalue weighted by atomic mass is 16.8. The number of epoxide rings is 1. The highest BCUT2D eigenvalue weighted by Crippen LogP contribution is 2.40. The van der Waals surface area contributed by atoms with Crippen molar-refractivity contribution in [3.05, 3.63) is 33.8 Å². The van der Waals surface area contributed by atoms with Gasteiger partial charge in [-0.1, -0.05) is 6.08 Å². The highest BCUT2D eigenvalue weighted by molar-refractivity contribution is 5.78. The van der Waals surface area contributed by atoms with Crippen molar-refractivity contribution in [3.8, 4) is 5.88 Å². The van der Waals surface area contributed by atoms with Crippen LogP contribution in [0.1, 0.15) is 70.2 Å². The molecule has 11 nitrogen and oxygen atoms in total. The first-order valence-electron chi connectivity index (χ1n) is 13.8. The van der Waals surface area contributed by atoms with Gasteiger partial charge in [0, 0.05) is 44.5 Å². The third kappa shape index (κ3) is 5.03. The molecule has 6 rings (SSSR count). The predicted molar refractivity (Wildman–Crippen MR) is 139 cm³/mol. The predicted octanol–water partition coefficient (Wildman–Crippen LogP) is 1.96. The van der Waals surface area contributed by atoms with Gasteiger partial charge in [-0.05, 0) is 64.4 Å². The molecule has 2 saturated heterocycles. The van der Waals surface area contributed by atoms with Gasteiger partial charge >= 0.3 is 0 Å². The number of aliphatic hydroxyl groups excluding tert-OH is 1. The highest BCUT2D eigenvalue weighted by Gasteiger charge is 2.54. The minimum Gasteiger partial charge on any atom is -0.493 e. The molecule has 1 saturated carbocycles. The molecule has 0 bridgehead atoms. The third-order valence-electron chi connectivity index (χ3n) is 7.78. The zero-order chi connectivity index (χ0) is 26.7. The Morgan fingerprint density at radius 1 is 1.26 bits per heavy atom. The second-order valence-corrected chi connectivity index (χ2v) is 12.0. The summed E-state index contributed by atoms with van der Waals surface area (Å²) in [5.41, 5.74) is 1.52. The molecule has 3 aliphatic heterocycles. The van der Waals surface area contributed by atoms with Crippen LogP contribution < -0.4 is 10.9 Å². The van der Waals surface area contributed by atoms with E-state index in [1.165, 1.54) is 4.52 Å². The molecule has 1 aliphatic carbocycles. The Morgan fingerprint density at radius 3 is 2.66 bits per heavy atom. The topological polar surface area (TPSA) is 126 Å². The maximum atomic E-state index is 13.9. The number of aliphatic hydroxyl groups is 1. The summed E-state index contributed by atoms with van der Waals surface area (Å²) >= 11 is 0. The normalized spacial score (nSPS) is 26.1. The molecular formula is C27H39N5O6. The van der Waals surface area contributed by atoms with Gasteiger partial charge in [0.1, 0.15) is 24.0 Å². The average Bonchev–Trinajstić information content (AvgIpc) is 3.80. The third-order valence-corrected chi connectivity index (χ3v) is 7.78. The van der Waals surface area contributed by atoms with E-state index >= 15 is 0 Å². The van der Waals surface area contributed by atoms with Crippen LogP contribution in [0.2, 0.25) is 0 Å². The zero-order valence-corrected chi connectivity index (χ0v) is 22.5. The smallest absolute Gasteiger partial charge is 0.264 e. The van der Waals surface area contributed by atoms with Crippen LogP contribution in [0, 0.1) is 5.92 Å². The number of fused-ring (bicyclic) bond motifs is 1. The van der Waals surface area contributed by atoms with Crippen molar-refractivity contribution < 1.29 is 24.4 Å². The molecule has 2 atom stereocenters. The summed E-state index contributed by atoms with van der Waals surface area (Å²) in [4.78, 5) is 16.1. The maximum Gasteiger partial charge on any atom is 0.264 e. The molecule has 0 spiro atoms. The molecule has 0 amide bonds. The fraction of sp³-hybridized carbons (Fsp3) is 0.704. The van der Waals surface area contributed by atoms with E-state index in [4.69, 9.17) is 14.2 Å². The van der Waals surface area contributed by atoms with Crippen LogP contribution in [-0.2, 0) is 20.8 Å². The molecule has 5 heterocycles. The number of aromatic hydroxyl groups is 1. The average molecular weight is 530 g/mol. The number of rotatable bonds is 8. The van der Waals surface area contributed by atoms with Gasteiger partial charge in [0.15, 0.2) is 0 Å². The molecule has 3 fully saturated rings. The molecular weight excluding hydrogens is 490 g/mol. The summed E-state index contributed by atoms with van der Waals surface area (Å²) in [5.74, 6) is -0.818. The largest absolute Gasteiger partial charge is 0.493 e. The van der Waals surface area contributed by atoms with Gasteiger partial charge in [0.05, 0.1) is 11.8 Å². The lowest BCUT2D eigenvalue weighted by atomic mass is 9.99. The molecule has 2 aromatic rings. The first-order chi connectivity index (χ1) is 18.2. The molecule has 0 radical (unpaired) electrons. The summed E-state index contributed by atoms with van der Waals surface area (Å²) in [6.07, 6.45) is 6.98. The summed E-state index contributed by atoms with van der Waals surface area (Å²) in [6, 6.07) is 0.155. The summed E-state index contributed by atoms with van der Waals surface area (Å²) in [7, 11) is 0. The van der Waals surface area contributed by atoms with Crippen LogP contribution in [-0.4, -0.2) is 79.8 Å². The van der Waals surface area contributed by atoms with E-state index < -0.39 is 17.7 Å². The lowest BCUT2D eigenvalue weighted by Crippen LogP contribution is -2.47. The van der Waals surface area contributed by atoms with Crippen molar-refractivity contribution in [1.82, 2.24) is 24.4 Å². The minimum absolute atomic E-state index is 0.0609. The fourth-order valence-electron chi connectivity index (χ4n) is 5.66. The Balaban J connectivity index is 1.40. The van der Waals surface area contributed by atoms with Gasteiger partial charge in [-0.15, -0.1) is 0 Å². The van der Waals surface area contributed by atoms with Crippen molar-refractivity contribution >= 4 is 11.2 Å². The molecule has 3 N–H and O–H groups in total. The lowest BCUT2D eigenvalue weighted by Gasteiger charge is -2.36. The van der Waals surface area contributed by atoms with Crippen LogP contribution in [0.3, 0.4) is 0 Å². The Bertz CT molecular complexity index is 1280. The van der Waals surface area contributed by atoms with Gasteiger partial charge in [0.25, 0.3) is 11.5 Å². The fourth-order valence-corrected chi connectivity index (χ4v) is 5.66. The minimum atomic E-state index is -1.27. The summed E-state index contributed by atoms with van der Waals surface area (Å²) in [6.45, 7) is 9.71. The van der Waals surface area contributed by atoms with Crippen molar-refractivity contribution in [2.75, 3.05) is 32.9 Å². The van der Waals surface area contributed by atoms with Gasteiger partial charge in [0.2, 0.25) is 5.88 Å². The van der Waals surface area contributed by atoms with E-state index in [1.54, 1.807) is 10.8 Å². The molecule has 208 valence electrons. The summed E-state index contributed by atoms with van der Waals surface area (Å²) < 4.78 is 20.7. The second kappa shape index (κ2) is 9.72. The first kappa shape index (κ1) is 26.0. The van der Waals surface area contributed by atoms with Crippen molar-refractivity contribution in [1.29, 1.82) is 0 Å². The Kier molecular flexibility index (Phi) is 6.64. The van der Waals surface area contributed by atoms with Gasteiger partial charge in [-0.2, -0.15) is 9.61 Å². The number of aromatic nitrogens is 3. The van der Waals surface area contributed by atoms with E-state index in [0.29, 0.717) is 38.6 Å². The number of nitrogens with zero attached hydrogens (tertiary/aromatic N) is 4. The van der Waals surface area contributed by atoms with Crippen LogP contribution in [0.4, 0.5) is 0 Å². The number of ether oxygens (including phenoxy) is 3. The van der Waals surface area contributed by atoms with Crippen molar-refractivity contribution in [2.45, 2.75) is 83.2 Å². The van der Waals surface area contributed by atoms with Crippen LogP contribution in [0.5, 0.6) is 5.88 Å². The lowest BCUT2D eigenvalue weighted by molar-refractivity contribution is -0.202. The number of hydrogen-bond acceptors (Lipinski definition) is 9.